The Bertz CT molecular complexity index is 490. The summed E-state index contributed by atoms with van der Waals surface area (Å²) in [6.45, 7) is 8.10. The van der Waals surface area contributed by atoms with Gasteiger partial charge in [-0.05, 0) is 38.5 Å². The van der Waals surface area contributed by atoms with Crippen LogP contribution in [0, 0.1) is 0 Å². The van der Waals surface area contributed by atoms with Crippen molar-refractivity contribution >= 4 is 18.3 Å². The molecule has 2 N–H and O–H groups in total. The van der Waals surface area contributed by atoms with Gasteiger partial charge in [-0.25, -0.2) is 0 Å². The highest BCUT2D eigenvalue weighted by Gasteiger charge is 2.18. The molecular weight excluding hydrogens is 316 g/mol. The molecule has 130 valence electrons. The highest BCUT2D eigenvalue weighted by atomic mass is 35.5. The van der Waals surface area contributed by atoms with Gasteiger partial charge >= 0.3 is 0 Å². The number of ether oxygens (including phenoxy) is 2. The summed E-state index contributed by atoms with van der Waals surface area (Å²) in [5.41, 5.74) is 1.04. The second-order valence-corrected chi connectivity index (χ2v) is 5.96. The number of nitrogens with one attached hydrogen (secondary N) is 2. The maximum Gasteiger partial charge on any atom is 0.222 e. The summed E-state index contributed by atoms with van der Waals surface area (Å²) >= 11 is 0. The van der Waals surface area contributed by atoms with E-state index in [1.165, 1.54) is 0 Å². The summed E-state index contributed by atoms with van der Waals surface area (Å²) in [7, 11) is 0. The number of benzene rings is 1. The molecule has 2 rings (SSSR count). The summed E-state index contributed by atoms with van der Waals surface area (Å²) < 4.78 is 11.1. The van der Waals surface area contributed by atoms with E-state index in [-0.39, 0.29) is 36.5 Å². The molecule has 23 heavy (non-hydrogen) atoms. The minimum Gasteiger partial charge on any atom is -0.491 e. The fourth-order valence-corrected chi connectivity index (χ4v) is 2.49. The number of rotatable bonds is 6. The monoisotopic (exact) mass is 342 g/mol. The zero-order valence-corrected chi connectivity index (χ0v) is 14.8. The molecule has 2 atom stereocenters. The fraction of sp³-hybridized carbons (Fsp3) is 0.588. The molecule has 0 aliphatic carbocycles. The number of morpholine rings is 1. The number of carbonyl (C=O) groups is 1. The highest BCUT2D eigenvalue weighted by molar-refractivity contribution is 5.85. The predicted molar refractivity (Wildman–Crippen MR) is 93.2 cm³/mol. The minimum absolute atomic E-state index is 0. The van der Waals surface area contributed by atoms with E-state index in [4.69, 9.17) is 9.47 Å². The van der Waals surface area contributed by atoms with Gasteiger partial charge in [0.15, 0.2) is 0 Å². The van der Waals surface area contributed by atoms with E-state index in [0.717, 1.165) is 24.5 Å². The van der Waals surface area contributed by atoms with Gasteiger partial charge in [0.1, 0.15) is 5.75 Å². The number of amides is 1. The van der Waals surface area contributed by atoms with Crippen LogP contribution in [0.15, 0.2) is 24.3 Å². The van der Waals surface area contributed by atoms with Crippen molar-refractivity contribution in [3.63, 3.8) is 0 Å². The average Bonchev–Trinajstić information content (AvgIpc) is 2.47. The second-order valence-electron chi connectivity index (χ2n) is 5.96. The van der Waals surface area contributed by atoms with Crippen molar-refractivity contribution in [2.45, 2.75) is 45.4 Å². The van der Waals surface area contributed by atoms with Gasteiger partial charge in [-0.2, -0.15) is 0 Å². The van der Waals surface area contributed by atoms with Gasteiger partial charge in [-0.3, -0.25) is 4.79 Å². The van der Waals surface area contributed by atoms with Crippen molar-refractivity contribution in [1.82, 2.24) is 10.6 Å². The summed E-state index contributed by atoms with van der Waals surface area (Å²) in [5, 5.41) is 6.32. The van der Waals surface area contributed by atoms with E-state index < -0.39 is 0 Å². The quantitative estimate of drug-likeness (QED) is 0.833. The first-order valence-electron chi connectivity index (χ1n) is 7.91. The lowest BCUT2D eigenvalue weighted by Gasteiger charge is -2.24. The first-order valence-corrected chi connectivity index (χ1v) is 7.91. The SMILES string of the molecule is CC(C)Oc1cccc(C(C)NC(=O)CC2COCCN2)c1.Cl. The van der Waals surface area contributed by atoms with Crippen molar-refractivity contribution in [2.24, 2.45) is 0 Å². The molecule has 1 aromatic rings. The Labute approximate surface area is 144 Å². The van der Waals surface area contributed by atoms with Gasteiger partial charge in [-0.15, -0.1) is 12.4 Å². The van der Waals surface area contributed by atoms with Crippen molar-refractivity contribution in [1.29, 1.82) is 0 Å². The Hall–Kier alpha value is -1.30. The van der Waals surface area contributed by atoms with Crippen molar-refractivity contribution in [2.75, 3.05) is 19.8 Å². The predicted octanol–water partition coefficient (Wildman–Crippen LogP) is 2.45. The molecule has 1 saturated heterocycles. The van der Waals surface area contributed by atoms with E-state index >= 15 is 0 Å². The first kappa shape index (κ1) is 19.7. The Balaban J connectivity index is 0.00000264. The van der Waals surface area contributed by atoms with Crippen LogP contribution in [0.25, 0.3) is 0 Å². The fourth-order valence-electron chi connectivity index (χ4n) is 2.49. The molecule has 0 spiro atoms. The molecule has 0 saturated carbocycles. The van der Waals surface area contributed by atoms with Crippen molar-refractivity contribution in [3.05, 3.63) is 29.8 Å². The Kier molecular flexibility index (Phi) is 8.37. The second kappa shape index (κ2) is 9.75. The van der Waals surface area contributed by atoms with Gasteiger partial charge in [0.2, 0.25) is 5.91 Å². The van der Waals surface area contributed by atoms with E-state index in [0.29, 0.717) is 13.0 Å². The lowest BCUT2D eigenvalue weighted by molar-refractivity contribution is -0.122. The van der Waals surface area contributed by atoms with Crippen LogP contribution in [0.3, 0.4) is 0 Å². The molecule has 0 bridgehead atoms. The molecule has 0 aromatic heterocycles. The molecule has 1 aliphatic heterocycles. The number of hydrogen-bond acceptors (Lipinski definition) is 4. The van der Waals surface area contributed by atoms with Crippen LogP contribution in [0.4, 0.5) is 0 Å². The molecule has 1 amide bonds. The molecule has 1 heterocycles. The molecular formula is C17H27ClN2O3. The zero-order chi connectivity index (χ0) is 15.9. The Morgan fingerprint density at radius 3 is 2.87 bits per heavy atom. The third-order valence-corrected chi connectivity index (χ3v) is 3.54. The van der Waals surface area contributed by atoms with E-state index in [2.05, 4.69) is 10.6 Å². The maximum absolute atomic E-state index is 12.1. The zero-order valence-electron chi connectivity index (χ0n) is 14.0. The standard InChI is InChI=1S/C17H26N2O3.ClH/c1-12(2)22-16-6-4-5-14(9-16)13(3)19-17(20)10-15-11-21-8-7-18-15;/h4-6,9,12-13,15,18H,7-8,10-11H2,1-3H3,(H,19,20);1H. The number of hydrogen-bond donors (Lipinski definition) is 2. The van der Waals surface area contributed by atoms with Gasteiger partial charge in [0.05, 0.1) is 25.4 Å². The summed E-state index contributed by atoms with van der Waals surface area (Å²) in [6, 6.07) is 7.92. The molecule has 2 unspecified atom stereocenters. The van der Waals surface area contributed by atoms with Crippen LogP contribution >= 0.6 is 12.4 Å². The normalized spacial score (nSPS) is 18.9. The van der Waals surface area contributed by atoms with Crippen molar-refractivity contribution in [3.8, 4) is 5.75 Å². The first-order chi connectivity index (χ1) is 10.5. The molecule has 0 radical (unpaired) electrons. The maximum atomic E-state index is 12.1. The largest absolute Gasteiger partial charge is 0.491 e. The molecule has 1 aliphatic rings. The number of halogens is 1. The van der Waals surface area contributed by atoms with Crippen LogP contribution in [0.1, 0.15) is 38.8 Å². The summed E-state index contributed by atoms with van der Waals surface area (Å²) in [4.78, 5) is 12.1. The topological polar surface area (TPSA) is 59.6 Å². The van der Waals surface area contributed by atoms with Gasteiger partial charge in [-0.1, -0.05) is 12.1 Å². The molecule has 1 aromatic carbocycles. The summed E-state index contributed by atoms with van der Waals surface area (Å²) in [6.07, 6.45) is 0.574. The van der Waals surface area contributed by atoms with Crippen molar-refractivity contribution < 1.29 is 14.3 Å². The molecule has 1 fully saturated rings. The minimum atomic E-state index is -0.0484. The van der Waals surface area contributed by atoms with Crippen LogP contribution in [0.2, 0.25) is 0 Å². The van der Waals surface area contributed by atoms with Crippen LogP contribution in [0.5, 0.6) is 5.75 Å². The van der Waals surface area contributed by atoms with Crippen LogP contribution in [-0.2, 0) is 9.53 Å². The van der Waals surface area contributed by atoms with E-state index in [1.807, 2.05) is 45.0 Å². The van der Waals surface area contributed by atoms with E-state index in [9.17, 15) is 4.79 Å². The highest BCUT2D eigenvalue weighted by Crippen LogP contribution is 2.20. The smallest absolute Gasteiger partial charge is 0.222 e. The van der Waals surface area contributed by atoms with Gasteiger partial charge in [0.25, 0.3) is 0 Å². The molecule has 6 heteroatoms. The van der Waals surface area contributed by atoms with Crippen LogP contribution in [-0.4, -0.2) is 37.8 Å². The van der Waals surface area contributed by atoms with Gasteiger partial charge < -0.3 is 20.1 Å². The third-order valence-electron chi connectivity index (χ3n) is 3.54. The van der Waals surface area contributed by atoms with Crippen LogP contribution < -0.4 is 15.4 Å². The average molecular weight is 343 g/mol. The molecule has 5 nitrogen and oxygen atoms in total. The summed E-state index contributed by atoms with van der Waals surface area (Å²) in [5.74, 6) is 0.863. The number of carbonyl (C=O) groups excluding carboxylic acids is 1. The Morgan fingerprint density at radius 1 is 1.43 bits per heavy atom. The lowest BCUT2D eigenvalue weighted by atomic mass is 10.1. The third kappa shape index (κ3) is 6.77. The van der Waals surface area contributed by atoms with E-state index in [1.54, 1.807) is 0 Å². The lowest BCUT2D eigenvalue weighted by Crippen LogP contribution is -2.44. The Morgan fingerprint density at radius 2 is 2.22 bits per heavy atom. The van der Waals surface area contributed by atoms with Gasteiger partial charge in [0, 0.05) is 19.0 Å².